The number of amides is 1. The van der Waals surface area contributed by atoms with Crippen LogP contribution < -0.4 is 15.5 Å². The second-order valence-electron chi connectivity index (χ2n) is 10.1. The molecule has 0 radical (unpaired) electrons. The molecule has 1 aliphatic rings. The molecule has 0 unspecified atom stereocenters. The van der Waals surface area contributed by atoms with Crippen molar-refractivity contribution in [3.8, 4) is 5.69 Å². The van der Waals surface area contributed by atoms with Crippen LogP contribution >= 0.6 is 12.2 Å². The monoisotopic (exact) mass is 537 g/mol. The van der Waals surface area contributed by atoms with Crippen molar-refractivity contribution in [1.29, 1.82) is 0 Å². The zero-order valence-electron chi connectivity index (χ0n) is 23.2. The summed E-state index contributed by atoms with van der Waals surface area (Å²) in [4.78, 5) is 18.9. The molecule has 0 aliphatic carbocycles. The molecule has 7 heteroatoms. The van der Waals surface area contributed by atoms with E-state index in [9.17, 15) is 4.79 Å². The second kappa shape index (κ2) is 11.0. The number of carbonyl (C=O) groups is 1. The quantitative estimate of drug-likeness (QED) is 0.252. The first-order valence-electron chi connectivity index (χ1n) is 13.5. The van der Waals surface area contributed by atoms with Crippen LogP contribution in [0.25, 0.3) is 5.69 Å². The number of nitrogens with zero attached hydrogens (tertiary/aromatic N) is 3. The smallest absolute Gasteiger partial charge is 0.224 e. The number of anilines is 2. The van der Waals surface area contributed by atoms with Crippen LogP contribution in [-0.4, -0.2) is 20.6 Å². The number of aryl methyl sites for hydroxylation is 3. The van der Waals surface area contributed by atoms with Gasteiger partial charge in [-0.25, -0.2) is 0 Å². The lowest BCUT2D eigenvalue weighted by molar-refractivity contribution is -0.115. The molecule has 39 heavy (non-hydrogen) atoms. The molecule has 3 heterocycles. The van der Waals surface area contributed by atoms with Gasteiger partial charge in [0.2, 0.25) is 5.91 Å². The van der Waals surface area contributed by atoms with E-state index >= 15 is 0 Å². The largest absolute Gasteiger partial charge is 0.351 e. The van der Waals surface area contributed by atoms with Crippen LogP contribution in [0.1, 0.15) is 66.1 Å². The van der Waals surface area contributed by atoms with Crippen LogP contribution in [0.15, 0.2) is 72.9 Å². The average Bonchev–Trinajstić information content (AvgIpc) is 3.44. The van der Waals surface area contributed by atoms with Crippen molar-refractivity contribution in [3.05, 3.63) is 107 Å². The van der Waals surface area contributed by atoms with Gasteiger partial charge in [-0.3, -0.25) is 9.78 Å². The van der Waals surface area contributed by atoms with Crippen molar-refractivity contribution in [2.75, 3.05) is 10.2 Å². The molecule has 1 saturated heterocycles. The maximum absolute atomic E-state index is 12.0. The molecule has 0 saturated carbocycles. The van der Waals surface area contributed by atoms with E-state index in [4.69, 9.17) is 17.2 Å². The fourth-order valence-electron chi connectivity index (χ4n) is 5.49. The number of hydrogen-bond acceptors (Lipinski definition) is 3. The van der Waals surface area contributed by atoms with Gasteiger partial charge in [-0.15, -0.1) is 0 Å². The summed E-state index contributed by atoms with van der Waals surface area (Å²) in [6, 6.07) is 22.9. The Kier molecular flexibility index (Phi) is 7.53. The Bertz CT molecular complexity index is 1510. The number of thiocarbonyl (C=S) groups is 1. The molecule has 200 valence electrons. The summed E-state index contributed by atoms with van der Waals surface area (Å²) in [5.74, 6) is -0.00304. The van der Waals surface area contributed by atoms with E-state index in [0.29, 0.717) is 11.5 Å². The van der Waals surface area contributed by atoms with Crippen molar-refractivity contribution >= 4 is 34.6 Å². The summed E-state index contributed by atoms with van der Waals surface area (Å²) in [5.41, 5.74) is 9.70. The number of hydrogen-bond donors (Lipinski definition) is 2. The minimum absolute atomic E-state index is 0.00304. The van der Waals surface area contributed by atoms with Crippen LogP contribution in [0.2, 0.25) is 0 Å². The molecule has 5 rings (SSSR count). The predicted octanol–water partition coefficient (Wildman–Crippen LogP) is 6.89. The molecule has 2 aromatic carbocycles. The molecular formula is C32H35N5OS. The lowest BCUT2D eigenvalue weighted by Gasteiger charge is -2.29. The fourth-order valence-corrected chi connectivity index (χ4v) is 5.84. The van der Waals surface area contributed by atoms with E-state index < -0.39 is 0 Å². The molecule has 0 spiro atoms. The Morgan fingerprint density at radius 3 is 2.38 bits per heavy atom. The molecule has 2 N–H and O–H groups in total. The topological polar surface area (TPSA) is 62.2 Å². The SMILES string of the molecule is CCC(=O)Nc1ccc(N2C(=S)N[C@@H](c3ccccn3)[C@H]2c2cc(C)n(-c3ccc(CC)cc3)c2C)cc1C. The summed E-state index contributed by atoms with van der Waals surface area (Å²) in [5, 5.41) is 7.21. The Morgan fingerprint density at radius 1 is 1.00 bits per heavy atom. The van der Waals surface area contributed by atoms with Gasteiger partial charge in [-0.05, 0) is 105 Å². The van der Waals surface area contributed by atoms with Crippen molar-refractivity contribution in [2.45, 2.75) is 59.5 Å². The number of carbonyl (C=O) groups excluding carboxylic acids is 1. The van der Waals surface area contributed by atoms with Crippen molar-refractivity contribution in [2.24, 2.45) is 0 Å². The second-order valence-corrected chi connectivity index (χ2v) is 10.5. The van der Waals surface area contributed by atoms with Crippen molar-refractivity contribution in [3.63, 3.8) is 0 Å². The highest BCUT2D eigenvalue weighted by atomic mass is 32.1. The standard InChI is InChI=1S/C32H35N5OS/c1-6-23-11-13-24(14-12-23)36-21(4)19-26(22(36)5)31-30(28-10-8-9-17-33-28)35-32(39)37(31)25-15-16-27(20(3)18-25)34-29(38)7-2/h8-19,30-31H,6-7H2,1-5H3,(H,34,38)(H,35,39)/t30-,31+/m0/s1. The van der Waals surface area contributed by atoms with Gasteiger partial charge in [-0.1, -0.05) is 32.0 Å². The highest BCUT2D eigenvalue weighted by Crippen LogP contribution is 2.44. The van der Waals surface area contributed by atoms with Crippen LogP contribution in [0.3, 0.4) is 0 Å². The van der Waals surface area contributed by atoms with Gasteiger partial charge < -0.3 is 20.1 Å². The summed E-state index contributed by atoms with van der Waals surface area (Å²) < 4.78 is 2.32. The normalized spacial score (nSPS) is 16.8. The first kappa shape index (κ1) is 26.6. The maximum Gasteiger partial charge on any atom is 0.224 e. The number of rotatable bonds is 7. The lowest BCUT2D eigenvalue weighted by Crippen LogP contribution is -2.29. The number of benzene rings is 2. The Morgan fingerprint density at radius 2 is 1.74 bits per heavy atom. The highest BCUT2D eigenvalue weighted by molar-refractivity contribution is 7.80. The summed E-state index contributed by atoms with van der Waals surface area (Å²) >= 11 is 5.96. The zero-order valence-corrected chi connectivity index (χ0v) is 24.0. The van der Waals surface area contributed by atoms with E-state index in [1.807, 2.05) is 50.4 Å². The average molecular weight is 538 g/mol. The van der Waals surface area contributed by atoms with Crippen LogP contribution in [0, 0.1) is 20.8 Å². The molecule has 2 atom stereocenters. The first-order chi connectivity index (χ1) is 18.8. The van der Waals surface area contributed by atoms with E-state index in [-0.39, 0.29) is 18.0 Å². The molecular weight excluding hydrogens is 502 g/mol. The zero-order chi connectivity index (χ0) is 27.7. The molecule has 1 amide bonds. The van der Waals surface area contributed by atoms with Gasteiger partial charge in [0, 0.05) is 41.1 Å². The maximum atomic E-state index is 12.0. The van der Waals surface area contributed by atoms with Gasteiger partial charge in [-0.2, -0.15) is 0 Å². The molecule has 1 aliphatic heterocycles. The third-order valence-electron chi connectivity index (χ3n) is 7.57. The first-order valence-corrected chi connectivity index (χ1v) is 13.9. The predicted molar refractivity (Wildman–Crippen MR) is 163 cm³/mol. The van der Waals surface area contributed by atoms with E-state index in [1.165, 1.54) is 16.8 Å². The number of aromatic nitrogens is 2. The minimum Gasteiger partial charge on any atom is -0.351 e. The number of pyridine rings is 1. The van der Waals surface area contributed by atoms with E-state index in [2.05, 4.69) is 77.3 Å². The van der Waals surface area contributed by atoms with Crippen LogP contribution in [0.5, 0.6) is 0 Å². The van der Waals surface area contributed by atoms with Gasteiger partial charge in [0.15, 0.2) is 5.11 Å². The van der Waals surface area contributed by atoms with E-state index in [0.717, 1.165) is 40.4 Å². The number of nitrogens with one attached hydrogen (secondary N) is 2. The molecule has 6 nitrogen and oxygen atoms in total. The fraction of sp³-hybridized carbons (Fsp3) is 0.281. The third kappa shape index (κ3) is 5.06. The van der Waals surface area contributed by atoms with Gasteiger partial charge in [0.1, 0.15) is 0 Å². The van der Waals surface area contributed by atoms with Crippen molar-refractivity contribution in [1.82, 2.24) is 14.9 Å². The van der Waals surface area contributed by atoms with Crippen LogP contribution in [-0.2, 0) is 11.2 Å². The van der Waals surface area contributed by atoms with E-state index in [1.54, 1.807) is 0 Å². The lowest BCUT2D eigenvalue weighted by atomic mass is 9.96. The van der Waals surface area contributed by atoms with Crippen LogP contribution in [0.4, 0.5) is 11.4 Å². The molecule has 0 bridgehead atoms. The Labute approximate surface area is 236 Å². The summed E-state index contributed by atoms with van der Waals surface area (Å²) in [6.07, 6.45) is 3.28. The third-order valence-corrected chi connectivity index (χ3v) is 7.89. The summed E-state index contributed by atoms with van der Waals surface area (Å²) in [6.45, 7) is 10.4. The van der Waals surface area contributed by atoms with Crippen molar-refractivity contribution < 1.29 is 4.79 Å². The molecule has 4 aromatic rings. The molecule has 2 aromatic heterocycles. The Balaban J connectivity index is 1.62. The highest BCUT2D eigenvalue weighted by Gasteiger charge is 2.42. The Hall–Kier alpha value is -3.97. The summed E-state index contributed by atoms with van der Waals surface area (Å²) in [7, 11) is 0. The van der Waals surface area contributed by atoms with Gasteiger partial charge >= 0.3 is 0 Å². The minimum atomic E-state index is -0.130. The van der Waals surface area contributed by atoms with Gasteiger partial charge in [0.25, 0.3) is 0 Å². The van der Waals surface area contributed by atoms with Gasteiger partial charge in [0.05, 0.1) is 17.8 Å². The molecule has 1 fully saturated rings.